The van der Waals surface area contributed by atoms with Crippen molar-refractivity contribution in [3.05, 3.63) is 64.5 Å². The number of nitrogens with zero attached hydrogens (tertiary/aromatic N) is 1. The van der Waals surface area contributed by atoms with E-state index in [0.717, 1.165) is 0 Å². The monoisotopic (exact) mass is 464 g/mol. The number of nitrogens with one attached hydrogen (secondary N) is 1. The standard InChI is InChI=1S/C21H19F7N2O2/c1-32-18-7-12(2-3-17(18)22)6-16-11-29-4-5-30(16)19(31)13-8-14(20(23,24)25)10-15(9-13)21(26,27)28/h2-3,7-10,16,29H,4-6,11H2,1H3/t16-/m1/s1. The molecule has 0 radical (unpaired) electrons. The number of hydrogen-bond acceptors (Lipinski definition) is 3. The zero-order valence-corrected chi connectivity index (χ0v) is 16.8. The van der Waals surface area contributed by atoms with Gasteiger partial charge in [-0.1, -0.05) is 6.07 Å². The molecule has 0 aliphatic carbocycles. The van der Waals surface area contributed by atoms with Crippen molar-refractivity contribution in [2.45, 2.75) is 24.8 Å². The van der Waals surface area contributed by atoms with Crippen molar-refractivity contribution in [3.8, 4) is 5.75 Å². The van der Waals surface area contributed by atoms with Gasteiger partial charge in [0, 0.05) is 31.2 Å². The van der Waals surface area contributed by atoms with Gasteiger partial charge in [0.25, 0.3) is 5.91 Å². The molecule has 1 fully saturated rings. The van der Waals surface area contributed by atoms with Crippen LogP contribution in [0.1, 0.15) is 27.0 Å². The van der Waals surface area contributed by atoms with E-state index < -0.39 is 46.8 Å². The summed E-state index contributed by atoms with van der Waals surface area (Å²) < 4.78 is 97.6. The zero-order valence-electron chi connectivity index (χ0n) is 16.8. The van der Waals surface area contributed by atoms with Crippen molar-refractivity contribution in [1.29, 1.82) is 0 Å². The van der Waals surface area contributed by atoms with Crippen LogP contribution in [0, 0.1) is 5.82 Å². The fourth-order valence-electron chi connectivity index (χ4n) is 3.56. The molecular formula is C21H19F7N2O2. The number of carbonyl (C=O) groups is 1. The smallest absolute Gasteiger partial charge is 0.416 e. The van der Waals surface area contributed by atoms with E-state index in [2.05, 4.69) is 5.32 Å². The highest BCUT2D eigenvalue weighted by molar-refractivity contribution is 5.95. The maximum absolute atomic E-state index is 13.7. The van der Waals surface area contributed by atoms with Crippen LogP contribution in [0.3, 0.4) is 0 Å². The van der Waals surface area contributed by atoms with Gasteiger partial charge in [-0.25, -0.2) is 4.39 Å². The maximum atomic E-state index is 13.7. The highest BCUT2D eigenvalue weighted by Gasteiger charge is 2.38. The van der Waals surface area contributed by atoms with E-state index in [9.17, 15) is 35.5 Å². The summed E-state index contributed by atoms with van der Waals surface area (Å²) in [5.74, 6) is -1.55. The molecule has 2 aromatic carbocycles. The minimum atomic E-state index is -5.05. The second-order valence-electron chi connectivity index (χ2n) is 7.32. The molecule has 1 atom stereocenters. The zero-order chi connectivity index (χ0) is 23.7. The van der Waals surface area contributed by atoms with Crippen LogP contribution < -0.4 is 10.1 Å². The van der Waals surface area contributed by atoms with Gasteiger partial charge in [0.1, 0.15) is 0 Å². The topological polar surface area (TPSA) is 41.6 Å². The second kappa shape index (κ2) is 8.97. The van der Waals surface area contributed by atoms with Crippen LogP contribution in [-0.2, 0) is 18.8 Å². The lowest BCUT2D eigenvalue weighted by molar-refractivity contribution is -0.143. The molecule has 0 aromatic heterocycles. The van der Waals surface area contributed by atoms with E-state index in [1.54, 1.807) is 0 Å². The lowest BCUT2D eigenvalue weighted by Crippen LogP contribution is -2.54. The Morgan fingerprint density at radius 1 is 1.06 bits per heavy atom. The van der Waals surface area contributed by atoms with E-state index in [1.165, 1.54) is 30.2 Å². The van der Waals surface area contributed by atoms with Crippen LogP contribution in [0.15, 0.2) is 36.4 Å². The van der Waals surface area contributed by atoms with E-state index in [4.69, 9.17) is 4.74 Å². The van der Waals surface area contributed by atoms with E-state index in [0.29, 0.717) is 24.2 Å². The molecule has 4 nitrogen and oxygen atoms in total. The molecular weight excluding hydrogens is 445 g/mol. The Labute approximate surface area is 179 Å². The summed E-state index contributed by atoms with van der Waals surface area (Å²) in [5.41, 5.74) is -3.21. The van der Waals surface area contributed by atoms with Crippen LogP contribution >= 0.6 is 0 Å². The van der Waals surface area contributed by atoms with Crippen molar-refractivity contribution in [3.63, 3.8) is 0 Å². The number of halogens is 7. The van der Waals surface area contributed by atoms with Gasteiger partial charge in [0.05, 0.1) is 18.2 Å². The van der Waals surface area contributed by atoms with Crippen LogP contribution in [0.25, 0.3) is 0 Å². The molecule has 0 bridgehead atoms. The highest BCUT2D eigenvalue weighted by Crippen LogP contribution is 2.36. The molecule has 1 saturated heterocycles. The van der Waals surface area contributed by atoms with Crippen molar-refractivity contribution in [1.82, 2.24) is 10.2 Å². The number of benzene rings is 2. The number of rotatable bonds is 4. The predicted molar refractivity (Wildman–Crippen MR) is 101 cm³/mol. The summed E-state index contributed by atoms with van der Waals surface area (Å²) in [4.78, 5) is 14.3. The number of amides is 1. The van der Waals surface area contributed by atoms with Gasteiger partial charge < -0.3 is 15.0 Å². The van der Waals surface area contributed by atoms with Gasteiger partial charge in [-0.15, -0.1) is 0 Å². The highest BCUT2D eigenvalue weighted by atomic mass is 19.4. The first kappa shape index (κ1) is 23.8. The average molecular weight is 464 g/mol. The molecule has 0 saturated carbocycles. The van der Waals surface area contributed by atoms with E-state index in [-0.39, 0.29) is 31.3 Å². The van der Waals surface area contributed by atoms with Gasteiger partial charge in [-0.05, 0) is 42.3 Å². The molecule has 32 heavy (non-hydrogen) atoms. The fraction of sp³-hybridized carbons (Fsp3) is 0.381. The molecule has 3 rings (SSSR count). The van der Waals surface area contributed by atoms with Gasteiger partial charge in [-0.2, -0.15) is 26.3 Å². The van der Waals surface area contributed by atoms with Gasteiger partial charge in [-0.3, -0.25) is 4.79 Å². The second-order valence-corrected chi connectivity index (χ2v) is 7.32. The van der Waals surface area contributed by atoms with Crippen LogP contribution in [0.5, 0.6) is 5.75 Å². The Morgan fingerprint density at radius 3 is 2.25 bits per heavy atom. The van der Waals surface area contributed by atoms with E-state index in [1.807, 2.05) is 0 Å². The van der Waals surface area contributed by atoms with Crippen LogP contribution in [0.2, 0.25) is 0 Å². The average Bonchev–Trinajstić information content (AvgIpc) is 2.73. The van der Waals surface area contributed by atoms with Gasteiger partial charge >= 0.3 is 12.4 Å². The quantitative estimate of drug-likeness (QED) is 0.677. The number of ether oxygens (including phenoxy) is 1. The molecule has 0 unspecified atom stereocenters. The maximum Gasteiger partial charge on any atom is 0.416 e. The SMILES string of the molecule is COc1cc(C[C@@H]2CNCCN2C(=O)c2cc(C(F)(F)F)cc(C(F)(F)F)c2)ccc1F. The summed E-state index contributed by atoms with van der Waals surface area (Å²) >= 11 is 0. The fourth-order valence-corrected chi connectivity index (χ4v) is 3.56. The Bertz CT molecular complexity index is 957. The van der Waals surface area contributed by atoms with Crippen molar-refractivity contribution in [2.24, 2.45) is 0 Å². The largest absolute Gasteiger partial charge is 0.494 e. The Hall–Kier alpha value is -2.82. The number of carbonyl (C=O) groups excluding carboxylic acids is 1. The molecule has 1 aliphatic rings. The number of methoxy groups -OCH3 is 1. The minimum absolute atomic E-state index is 0.0168. The molecule has 0 spiro atoms. The van der Waals surface area contributed by atoms with Crippen LogP contribution in [0.4, 0.5) is 30.7 Å². The number of piperazine rings is 1. The summed E-state index contributed by atoms with van der Waals surface area (Å²) in [6.45, 7) is 0.663. The molecule has 2 aromatic rings. The Kier molecular flexibility index (Phi) is 6.68. The van der Waals surface area contributed by atoms with E-state index >= 15 is 0 Å². The molecule has 11 heteroatoms. The van der Waals surface area contributed by atoms with Crippen molar-refractivity contribution < 1.29 is 40.3 Å². The molecule has 1 aliphatic heterocycles. The summed E-state index contributed by atoms with van der Waals surface area (Å²) in [6, 6.07) is 4.35. The lowest BCUT2D eigenvalue weighted by atomic mass is 9.99. The molecule has 1 N–H and O–H groups in total. The lowest BCUT2D eigenvalue weighted by Gasteiger charge is -2.36. The Balaban J connectivity index is 1.94. The Morgan fingerprint density at radius 2 is 1.69 bits per heavy atom. The number of hydrogen-bond donors (Lipinski definition) is 1. The minimum Gasteiger partial charge on any atom is -0.494 e. The van der Waals surface area contributed by atoms with Gasteiger partial charge in [0.15, 0.2) is 11.6 Å². The first-order valence-corrected chi connectivity index (χ1v) is 9.53. The third kappa shape index (κ3) is 5.32. The molecule has 174 valence electrons. The van der Waals surface area contributed by atoms with Crippen molar-refractivity contribution in [2.75, 3.05) is 26.7 Å². The van der Waals surface area contributed by atoms with Crippen LogP contribution in [-0.4, -0.2) is 43.6 Å². The predicted octanol–water partition coefficient (Wildman–Crippen LogP) is 4.53. The first-order chi connectivity index (χ1) is 14.9. The summed E-state index contributed by atoms with van der Waals surface area (Å²) in [5, 5.41) is 3.04. The summed E-state index contributed by atoms with van der Waals surface area (Å²) in [7, 11) is 1.28. The normalized spacial score (nSPS) is 17.4. The third-order valence-electron chi connectivity index (χ3n) is 5.13. The summed E-state index contributed by atoms with van der Waals surface area (Å²) in [6.07, 6.45) is -9.91. The third-order valence-corrected chi connectivity index (χ3v) is 5.13. The first-order valence-electron chi connectivity index (χ1n) is 9.53. The molecule has 1 amide bonds. The van der Waals surface area contributed by atoms with Gasteiger partial charge in [0.2, 0.25) is 0 Å². The van der Waals surface area contributed by atoms with Crippen molar-refractivity contribution >= 4 is 5.91 Å². The molecule has 1 heterocycles. The number of alkyl halides is 6.